The minimum Gasteiger partial charge on any atom is -0.293 e. The van der Waals surface area contributed by atoms with Crippen molar-refractivity contribution >= 4 is 46.3 Å². The van der Waals surface area contributed by atoms with Gasteiger partial charge in [-0.25, -0.2) is 9.97 Å². The highest BCUT2D eigenvalue weighted by Crippen LogP contribution is 2.58. The number of hydrogen-bond acceptors (Lipinski definition) is 6. The molecule has 6 rings (SSSR count). The number of halogens is 2. The SMILES string of the molecule is O=C1c2ccccc2C(=O)C1(c1ccnc(Cl)c1)C1(c2ccnc(Cl)c2)C(=O)c2ccccc2C1=O. The van der Waals surface area contributed by atoms with Crippen molar-refractivity contribution in [2.24, 2.45) is 0 Å². The van der Waals surface area contributed by atoms with Crippen LogP contribution in [0.1, 0.15) is 52.6 Å². The van der Waals surface area contributed by atoms with Crippen molar-refractivity contribution in [3.05, 3.63) is 129 Å². The summed E-state index contributed by atoms with van der Waals surface area (Å²) in [7, 11) is 0. The molecule has 2 aromatic heterocycles. The Kier molecular flexibility index (Phi) is 4.84. The van der Waals surface area contributed by atoms with Crippen LogP contribution in [0.2, 0.25) is 10.3 Å². The Morgan fingerprint density at radius 1 is 0.500 bits per heavy atom. The highest BCUT2D eigenvalue weighted by molar-refractivity contribution is 6.45. The van der Waals surface area contributed by atoms with Crippen molar-refractivity contribution in [1.29, 1.82) is 0 Å². The number of nitrogens with zero attached hydrogens (tertiary/aromatic N) is 2. The number of pyridine rings is 2. The van der Waals surface area contributed by atoms with E-state index in [1.165, 1.54) is 60.9 Å². The third kappa shape index (κ3) is 2.57. The molecular formula is C28H14Cl2N2O4. The average molecular weight is 513 g/mol. The van der Waals surface area contributed by atoms with Crippen LogP contribution >= 0.6 is 23.2 Å². The Bertz CT molecular complexity index is 1470. The van der Waals surface area contributed by atoms with Crippen molar-refractivity contribution < 1.29 is 19.2 Å². The third-order valence-electron chi connectivity index (χ3n) is 7.08. The van der Waals surface area contributed by atoms with Crippen molar-refractivity contribution in [2.75, 3.05) is 0 Å². The molecule has 2 aliphatic rings. The van der Waals surface area contributed by atoms with Gasteiger partial charge in [-0.2, -0.15) is 0 Å². The molecule has 8 heteroatoms. The molecule has 0 N–H and O–H groups in total. The number of Topliss-reactive ketones (excluding diaryl/α,β-unsaturated/α-hetero) is 4. The van der Waals surface area contributed by atoms with E-state index in [-0.39, 0.29) is 43.7 Å². The number of hydrogen-bond donors (Lipinski definition) is 0. The summed E-state index contributed by atoms with van der Waals surface area (Å²) in [6.07, 6.45) is 2.68. The van der Waals surface area contributed by atoms with Gasteiger partial charge in [-0.05, 0) is 35.4 Å². The number of ketones is 4. The van der Waals surface area contributed by atoms with Crippen LogP contribution < -0.4 is 0 Å². The molecule has 0 spiro atoms. The molecule has 36 heavy (non-hydrogen) atoms. The first-order chi connectivity index (χ1) is 17.3. The lowest BCUT2D eigenvalue weighted by atomic mass is 9.52. The summed E-state index contributed by atoms with van der Waals surface area (Å²) in [6, 6.07) is 18.2. The van der Waals surface area contributed by atoms with Crippen molar-refractivity contribution in [3.8, 4) is 0 Å². The van der Waals surface area contributed by atoms with Gasteiger partial charge >= 0.3 is 0 Å². The molecule has 0 unspecified atom stereocenters. The first kappa shape index (κ1) is 22.5. The molecular weight excluding hydrogens is 499 g/mol. The van der Waals surface area contributed by atoms with E-state index < -0.39 is 34.0 Å². The summed E-state index contributed by atoms with van der Waals surface area (Å²) >= 11 is 12.5. The van der Waals surface area contributed by atoms with E-state index in [2.05, 4.69) is 9.97 Å². The lowest BCUT2D eigenvalue weighted by molar-refractivity contribution is 0.0557. The zero-order valence-corrected chi connectivity index (χ0v) is 19.9. The van der Waals surface area contributed by atoms with Gasteiger partial charge in [0.15, 0.2) is 23.1 Å². The number of benzene rings is 2. The Balaban J connectivity index is 1.83. The summed E-state index contributed by atoms with van der Waals surface area (Å²) in [5.41, 5.74) is -3.93. The highest BCUT2D eigenvalue weighted by Gasteiger charge is 2.75. The quantitative estimate of drug-likeness (QED) is 0.279. The summed E-state index contributed by atoms with van der Waals surface area (Å²) in [5, 5.41) is 0.00324. The molecule has 0 radical (unpaired) electrons. The van der Waals surface area contributed by atoms with Crippen LogP contribution in [0.4, 0.5) is 0 Å². The van der Waals surface area contributed by atoms with Crippen molar-refractivity contribution in [3.63, 3.8) is 0 Å². The molecule has 2 heterocycles. The molecule has 2 aliphatic carbocycles. The third-order valence-corrected chi connectivity index (χ3v) is 7.49. The number of carbonyl (C=O) groups excluding carboxylic acids is 4. The van der Waals surface area contributed by atoms with Crippen LogP contribution in [-0.2, 0) is 10.8 Å². The maximum Gasteiger partial charge on any atom is 0.183 e. The number of rotatable bonds is 3. The van der Waals surface area contributed by atoms with Crippen LogP contribution in [0.3, 0.4) is 0 Å². The maximum atomic E-state index is 14.5. The average Bonchev–Trinajstić information content (AvgIpc) is 3.25. The summed E-state index contributed by atoms with van der Waals surface area (Å²) in [6.45, 7) is 0. The molecule has 0 bridgehead atoms. The molecule has 6 nitrogen and oxygen atoms in total. The van der Waals surface area contributed by atoms with Gasteiger partial charge in [0.25, 0.3) is 0 Å². The molecule has 0 aliphatic heterocycles. The van der Waals surface area contributed by atoms with Gasteiger partial charge in [-0.3, -0.25) is 19.2 Å². The maximum absolute atomic E-state index is 14.5. The Morgan fingerprint density at radius 3 is 1.08 bits per heavy atom. The lowest BCUT2D eigenvalue weighted by Crippen LogP contribution is -2.62. The zero-order chi connectivity index (χ0) is 25.2. The van der Waals surface area contributed by atoms with E-state index in [4.69, 9.17) is 23.2 Å². The van der Waals surface area contributed by atoms with E-state index >= 15 is 0 Å². The molecule has 0 fully saturated rings. The minimum absolute atomic E-state index is 0.00162. The van der Waals surface area contributed by atoms with E-state index in [1.807, 2.05) is 0 Å². The number of carbonyl (C=O) groups is 4. The Labute approximate surface area is 214 Å². The fourth-order valence-corrected chi connectivity index (χ4v) is 6.03. The molecule has 4 aromatic rings. The zero-order valence-electron chi connectivity index (χ0n) is 18.4. The smallest absolute Gasteiger partial charge is 0.183 e. The summed E-state index contributed by atoms with van der Waals surface area (Å²) in [4.78, 5) is 66.0. The van der Waals surface area contributed by atoms with Gasteiger partial charge in [-0.15, -0.1) is 0 Å². The summed E-state index contributed by atoms with van der Waals surface area (Å²) in [5.74, 6) is -2.69. The topological polar surface area (TPSA) is 94.1 Å². The minimum atomic E-state index is -2.29. The monoisotopic (exact) mass is 512 g/mol. The second kappa shape index (κ2) is 7.75. The molecule has 0 amide bonds. The molecule has 2 aromatic carbocycles. The van der Waals surface area contributed by atoms with E-state index in [1.54, 1.807) is 24.3 Å². The molecule has 174 valence electrons. The number of aromatic nitrogens is 2. The molecule has 0 atom stereocenters. The first-order valence-corrected chi connectivity index (χ1v) is 11.7. The molecule has 0 saturated heterocycles. The van der Waals surface area contributed by atoms with Crippen molar-refractivity contribution in [2.45, 2.75) is 10.8 Å². The predicted octanol–water partition coefficient (Wildman–Crippen LogP) is 5.12. The van der Waals surface area contributed by atoms with Gasteiger partial charge in [0.05, 0.1) is 0 Å². The number of fused-ring (bicyclic) bond motifs is 2. The van der Waals surface area contributed by atoms with Crippen LogP contribution in [-0.4, -0.2) is 33.1 Å². The second-order valence-corrected chi connectivity index (χ2v) is 9.42. The highest BCUT2D eigenvalue weighted by atomic mass is 35.5. The van der Waals surface area contributed by atoms with Crippen LogP contribution in [0, 0.1) is 0 Å². The van der Waals surface area contributed by atoms with Crippen LogP contribution in [0.5, 0.6) is 0 Å². The van der Waals surface area contributed by atoms with Crippen LogP contribution in [0.15, 0.2) is 85.2 Å². The Morgan fingerprint density at radius 2 is 0.806 bits per heavy atom. The molecule has 0 saturated carbocycles. The normalized spacial score (nSPS) is 17.3. The largest absolute Gasteiger partial charge is 0.293 e. The van der Waals surface area contributed by atoms with E-state index in [0.717, 1.165) is 0 Å². The van der Waals surface area contributed by atoms with Crippen molar-refractivity contribution in [1.82, 2.24) is 9.97 Å². The lowest BCUT2D eigenvalue weighted by Gasteiger charge is -2.42. The van der Waals surface area contributed by atoms with Gasteiger partial charge in [0.2, 0.25) is 0 Å². The standard InChI is InChI=1S/C28H14Cl2N2O4/c29-21-13-15(9-11-31-21)27(23(33)17-5-1-2-6-18(17)24(27)34)28(16-10-12-32-22(30)14-16)25(35)19-7-3-4-8-20(19)26(28)36/h1-14H. The predicted molar refractivity (Wildman–Crippen MR) is 132 cm³/mol. The van der Waals surface area contributed by atoms with Gasteiger partial charge in [0, 0.05) is 34.6 Å². The van der Waals surface area contributed by atoms with Gasteiger partial charge in [0.1, 0.15) is 21.1 Å². The van der Waals surface area contributed by atoms with E-state index in [9.17, 15) is 19.2 Å². The second-order valence-electron chi connectivity index (χ2n) is 8.64. The Hall–Kier alpha value is -4.00. The fraction of sp³-hybridized carbons (Fsp3) is 0.0714. The first-order valence-electron chi connectivity index (χ1n) is 11.0. The fourth-order valence-electron chi connectivity index (χ4n) is 5.68. The van der Waals surface area contributed by atoms with Gasteiger partial charge in [-0.1, -0.05) is 71.7 Å². The summed E-state index contributed by atoms with van der Waals surface area (Å²) < 4.78 is 0. The van der Waals surface area contributed by atoms with E-state index in [0.29, 0.717) is 0 Å². The van der Waals surface area contributed by atoms with Gasteiger partial charge < -0.3 is 0 Å². The van der Waals surface area contributed by atoms with Crippen LogP contribution in [0.25, 0.3) is 0 Å².